The topological polar surface area (TPSA) is 0 Å². The summed E-state index contributed by atoms with van der Waals surface area (Å²) in [7, 11) is 0. The van der Waals surface area contributed by atoms with E-state index < -0.39 is 12.6 Å². The summed E-state index contributed by atoms with van der Waals surface area (Å²) in [5.41, 5.74) is 2.09. The van der Waals surface area contributed by atoms with Crippen LogP contribution in [0.3, 0.4) is 0 Å². The number of hydrogen-bond donors (Lipinski definition) is 0. The predicted octanol–water partition coefficient (Wildman–Crippen LogP) is 6.26. The van der Waals surface area contributed by atoms with Crippen molar-refractivity contribution in [2.24, 2.45) is 5.92 Å². The maximum Gasteiger partial charge on any atom is 0.389 e. The first kappa shape index (κ1) is 16.4. The summed E-state index contributed by atoms with van der Waals surface area (Å²) in [5, 5.41) is 0. The summed E-state index contributed by atoms with van der Waals surface area (Å²) in [6.07, 6.45) is 2.96. The quantitative estimate of drug-likeness (QED) is 0.602. The molecule has 0 unspecified atom stereocenters. The smallest absolute Gasteiger partial charge is 0.171 e. The standard InChI is InChI=1S/C18H25F3/c1-2-3-14-4-8-16(9-5-14)17-10-6-15(7-11-17)12-13-18(19,20)21/h6-7,10-11,14,16H,2-5,8-9,12-13H2,1H3/t14-,16-. The second-order valence-electron chi connectivity index (χ2n) is 6.36. The number of benzene rings is 1. The first-order valence-electron chi connectivity index (χ1n) is 8.13. The van der Waals surface area contributed by atoms with E-state index in [0.29, 0.717) is 5.92 Å². The van der Waals surface area contributed by atoms with Gasteiger partial charge >= 0.3 is 6.18 Å². The van der Waals surface area contributed by atoms with E-state index in [1.54, 1.807) is 0 Å². The van der Waals surface area contributed by atoms with E-state index >= 15 is 0 Å². The van der Waals surface area contributed by atoms with Crippen molar-refractivity contribution in [1.82, 2.24) is 0 Å². The minimum absolute atomic E-state index is 0.0903. The first-order chi connectivity index (χ1) is 9.98. The van der Waals surface area contributed by atoms with Gasteiger partial charge in [-0.05, 0) is 55.1 Å². The molecule has 0 amide bonds. The summed E-state index contributed by atoms with van der Waals surface area (Å²) in [4.78, 5) is 0. The van der Waals surface area contributed by atoms with Gasteiger partial charge in [0.25, 0.3) is 0 Å². The van der Waals surface area contributed by atoms with Crippen LogP contribution in [0, 0.1) is 5.92 Å². The zero-order chi connectivity index (χ0) is 15.3. The van der Waals surface area contributed by atoms with E-state index in [2.05, 4.69) is 6.92 Å². The highest BCUT2D eigenvalue weighted by molar-refractivity contribution is 5.26. The third-order valence-electron chi connectivity index (χ3n) is 4.69. The van der Waals surface area contributed by atoms with Gasteiger partial charge in [-0.25, -0.2) is 0 Å². The molecule has 0 radical (unpaired) electrons. The zero-order valence-corrected chi connectivity index (χ0v) is 12.8. The van der Waals surface area contributed by atoms with Crippen LogP contribution in [0.15, 0.2) is 24.3 Å². The Morgan fingerprint density at radius 1 is 1.00 bits per heavy atom. The van der Waals surface area contributed by atoms with Crippen molar-refractivity contribution in [2.75, 3.05) is 0 Å². The first-order valence-corrected chi connectivity index (χ1v) is 8.13. The fourth-order valence-corrected chi connectivity index (χ4v) is 3.44. The molecule has 2 rings (SSSR count). The molecule has 3 heteroatoms. The minimum atomic E-state index is -4.06. The molecule has 1 aliphatic rings. The van der Waals surface area contributed by atoms with Gasteiger partial charge in [0.2, 0.25) is 0 Å². The molecule has 0 heterocycles. The third kappa shape index (κ3) is 5.37. The monoisotopic (exact) mass is 298 g/mol. The summed E-state index contributed by atoms with van der Waals surface area (Å²) in [6.45, 7) is 2.24. The van der Waals surface area contributed by atoms with Crippen LogP contribution >= 0.6 is 0 Å². The van der Waals surface area contributed by atoms with Crippen molar-refractivity contribution in [3.05, 3.63) is 35.4 Å². The summed E-state index contributed by atoms with van der Waals surface area (Å²) >= 11 is 0. The molecule has 0 spiro atoms. The van der Waals surface area contributed by atoms with Crippen LogP contribution in [0.1, 0.15) is 68.9 Å². The molecule has 1 saturated carbocycles. The second kappa shape index (κ2) is 7.33. The lowest BCUT2D eigenvalue weighted by Gasteiger charge is -2.28. The molecule has 1 fully saturated rings. The fraction of sp³-hybridized carbons (Fsp3) is 0.667. The molecule has 0 saturated heterocycles. The summed E-state index contributed by atoms with van der Waals surface area (Å²) < 4.78 is 36.6. The average molecular weight is 298 g/mol. The van der Waals surface area contributed by atoms with Crippen LogP contribution in [0.25, 0.3) is 0 Å². The van der Waals surface area contributed by atoms with Crippen molar-refractivity contribution >= 4 is 0 Å². The van der Waals surface area contributed by atoms with E-state index in [9.17, 15) is 13.2 Å². The Balaban J connectivity index is 1.85. The molecule has 0 atom stereocenters. The van der Waals surface area contributed by atoms with E-state index in [0.717, 1.165) is 11.5 Å². The Morgan fingerprint density at radius 2 is 1.62 bits per heavy atom. The second-order valence-corrected chi connectivity index (χ2v) is 6.36. The number of halogens is 3. The Hall–Kier alpha value is -0.990. The lowest BCUT2D eigenvalue weighted by atomic mass is 9.77. The lowest BCUT2D eigenvalue weighted by Crippen LogP contribution is -2.13. The number of alkyl halides is 3. The number of rotatable bonds is 5. The normalized spacial score (nSPS) is 23.2. The van der Waals surface area contributed by atoms with Crippen molar-refractivity contribution in [1.29, 1.82) is 0 Å². The molecule has 0 aromatic heterocycles. The van der Waals surface area contributed by atoms with Gasteiger partial charge in [-0.15, -0.1) is 0 Å². The van der Waals surface area contributed by atoms with E-state index in [1.807, 2.05) is 24.3 Å². The SMILES string of the molecule is CCC[C@H]1CC[C@H](c2ccc(CCC(F)(F)F)cc2)CC1. The molecule has 0 aliphatic heterocycles. The fourth-order valence-electron chi connectivity index (χ4n) is 3.44. The number of hydrogen-bond acceptors (Lipinski definition) is 0. The largest absolute Gasteiger partial charge is 0.389 e. The highest BCUT2D eigenvalue weighted by Crippen LogP contribution is 2.37. The van der Waals surface area contributed by atoms with Crippen LogP contribution < -0.4 is 0 Å². The Labute approximate surface area is 125 Å². The van der Waals surface area contributed by atoms with Gasteiger partial charge in [0.1, 0.15) is 0 Å². The summed E-state index contributed by atoms with van der Waals surface area (Å²) in [5.74, 6) is 1.49. The minimum Gasteiger partial charge on any atom is -0.171 e. The van der Waals surface area contributed by atoms with Gasteiger partial charge in [-0.2, -0.15) is 13.2 Å². The Morgan fingerprint density at radius 3 is 2.14 bits per heavy atom. The van der Waals surface area contributed by atoms with E-state index in [-0.39, 0.29) is 6.42 Å². The summed E-state index contributed by atoms with van der Waals surface area (Å²) in [6, 6.07) is 7.82. The molecule has 1 aliphatic carbocycles. The molecule has 0 bridgehead atoms. The molecule has 118 valence electrons. The van der Waals surface area contributed by atoms with Crippen molar-refractivity contribution in [2.45, 2.75) is 70.4 Å². The molecule has 21 heavy (non-hydrogen) atoms. The van der Waals surface area contributed by atoms with E-state index in [1.165, 1.54) is 44.1 Å². The van der Waals surface area contributed by atoms with Crippen molar-refractivity contribution in [3.8, 4) is 0 Å². The molecule has 1 aromatic carbocycles. The molecule has 0 nitrogen and oxygen atoms in total. The van der Waals surface area contributed by atoms with Crippen LogP contribution in [0.5, 0.6) is 0 Å². The highest BCUT2D eigenvalue weighted by atomic mass is 19.4. The van der Waals surface area contributed by atoms with Crippen LogP contribution in [0.2, 0.25) is 0 Å². The van der Waals surface area contributed by atoms with Gasteiger partial charge in [0.15, 0.2) is 0 Å². The molecule has 0 N–H and O–H groups in total. The zero-order valence-electron chi connectivity index (χ0n) is 12.8. The molecular weight excluding hydrogens is 273 g/mol. The van der Waals surface area contributed by atoms with Crippen LogP contribution in [0.4, 0.5) is 13.2 Å². The maximum absolute atomic E-state index is 12.2. The van der Waals surface area contributed by atoms with Gasteiger partial charge in [-0.1, -0.05) is 44.0 Å². The highest BCUT2D eigenvalue weighted by Gasteiger charge is 2.26. The van der Waals surface area contributed by atoms with Crippen molar-refractivity contribution in [3.63, 3.8) is 0 Å². The molecular formula is C18H25F3. The van der Waals surface area contributed by atoms with Gasteiger partial charge in [-0.3, -0.25) is 0 Å². The number of aryl methyl sites for hydroxylation is 1. The van der Waals surface area contributed by atoms with E-state index in [4.69, 9.17) is 0 Å². The Bertz CT molecular complexity index is 411. The Kier molecular flexibility index (Phi) is 5.72. The van der Waals surface area contributed by atoms with Gasteiger partial charge in [0.05, 0.1) is 0 Å². The average Bonchev–Trinajstić information content (AvgIpc) is 2.46. The molecule has 1 aromatic rings. The van der Waals surface area contributed by atoms with Gasteiger partial charge in [0, 0.05) is 6.42 Å². The van der Waals surface area contributed by atoms with Crippen LogP contribution in [-0.4, -0.2) is 6.18 Å². The van der Waals surface area contributed by atoms with Crippen LogP contribution in [-0.2, 0) is 6.42 Å². The van der Waals surface area contributed by atoms with Crippen molar-refractivity contribution < 1.29 is 13.2 Å². The lowest BCUT2D eigenvalue weighted by molar-refractivity contribution is -0.133. The third-order valence-corrected chi connectivity index (χ3v) is 4.69. The predicted molar refractivity (Wildman–Crippen MR) is 80.4 cm³/mol. The maximum atomic E-state index is 12.2. The van der Waals surface area contributed by atoms with Gasteiger partial charge < -0.3 is 0 Å².